The molecule has 0 saturated carbocycles. The summed E-state index contributed by atoms with van der Waals surface area (Å²) in [4.78, 5) is 16.7. The van der Waals surface area contributed by atoms with Gasteiger partial charge in [-0.3, -0.25) is 9.69 Å². The van der Waals surface area contributed by atoms with Crippen LogP contribution in [0, 0.1) is 0 Å². The van der Waals surface area contributed by atoms with E-state index in [4.69, 9.17) is 0 Å². The zero-order chi connectivity index (χ0) is 20.4. The average molecular weight is 434 g/mol. The molecule has 0 bridgehead atoms. The molecule has 156 valence electrons. The maximum Gasteiger partial charge on any atom is 0.243 e. The Balaban J connectivity index is 1.41. The van der Waals surface area contributed by atoms with E-state index in [1.165, 1.54) is 9.18 Å². The molecule has 2 fully saturated rings. The van der Waals surface area contributed by atoms with Crippen molar-refractivity contribution in [3.05, 3.63) is 46.7 Å². The second kappa shape index (κ2) is 8.55. The normalized spacial score (nSPS) is 22.0. The fourth-order valence-corrected chi connectivity index (χ4v) is 6.62. The van der Waals surface area contributed by atoms with Crippen LogP contribution in [0.2, 0.25) is 0 Å². The molecule has 1 amide bonds. The Morgan fingerprint density at radius 1 is 1.10 bits per heavy atom. The monoisotopic (exact) mass is 433 g/mol. The highest BCUT2D eigenvalue weighted by Crippen LogP contribution is 2.36. The maximum atomic E-state index is 12.8. The van der Waals surface area contributed by atoms with E-state index in [1.807, 2.05) is 6.92 Å². The minimum atomic E-state index is -3.43. The number of carbonyl (C=O) groups excluding carboxylic acids is 1. The van der Waals surface area contributed by atoms with E-state index in [1.54, 1.807) is 35.6 Å². The standard InChI is InChI=1S/C21H27N3O3S2/c1-16(24-14-4-6-19(24)20-7-5-15-28-20)21(25)22-17-8-10-18(11-9-17)29(26,27)23-12-2-3-13-23/h5,7-11,15-16,19H,2-4,6,12-14H2,1H3,(H,22,25)/t16-,19+/m1/s1. The van der Waals surface area contributed by atoms with Gasteiger partial charge in [-0.05, 0) is 74.9 Å². The summed E-state index contributed by atoms with van der Waals surface area (Å²) in [6.07, 6.45) is 3.98. The number of likely N-dealkylation sites (tertiary alicyclic amines) is 1. The van der Waals surface area contributed by atoms with Crippen molar-refractivity contribution in [2.75, 3.05) is 25.0 Å². The average Bonchev–Trinajstić information content (AvgIpc) is 3.49. The van der Waals surface area contributed by atoms with Crippen molar-refractivity contribution < 1.29 is 13.2 Å². The van der Waals surface area contributed by atoms with E-state index >= 15 is 0 Å². The molecule has 4 rings (SSSR count). The number of sulfonamides is 1. The van der Waals surface area contributed by atoms with Crippen molar-refractivity contribution >= 4 is 33.0 Å². The van der Waals surface area contributed by atoms with Crippen molar-refractivity contribution in [1.29, 1.82) is 0 Å². The minimum absolute atomic E-state index is 0.0661. The quantitative estimate of drug-likeness (QED) is 0.754. The number of nitrogens with one attached hydrogen (secondary N) is 1. The van der Waals surface area contributed by atoms with Crippen LogP contribution >= 0.6 is 11.3 Å². The molecule has 3 heterocycles. The lowest BCUT2D eigenvalue weighted by Crippen LogP contribution is -2.41. The first kappa shape index (κ1) is 20.5. The first-order chi connectivity index (χ1) is 14.0. The van der Waals surface area contributed by atoms with Gasteiger partial charge < -0.3 is 5.32 Å². The largest absolute Gasteiger partial charge is 0.325 e. The molecule has 1 aromatic heterocycles. The van der Waals surface area contributed by atoms with Crippen LogP contribution in [0.15, 0.2) is 46.7 Å². The molecule has 2 aromatic rings. The van der Waals surface area contributed by atoms with Gasteiger partial charge in [0.25, 0.3) is 0 Å². The van der Waals surface area contributed by atoms with Crippen LogP contribution in [-0.2, 0) is 14.8 Å². The van der Waals surface area contributed by atoms with Crippen LogP contribution in [0.4, 0.5) is 5.69 Å². The number of amides is 1. The number of anilines is 1. The number of carbonyl (C=O) groups is 1. The van der Waals surface area contributed by atoms with E-state index in [-0.39, 0.29) is 16.8 Å². The van der Waals surface area contributed by atoms with Gasteiger partial charge in [-0.15, -0.1) is 11.3 Å². The molecule has 0 aliphatic carbocycles. The summed E-state index contributed by atoms with van der Waals surface area (Å²) in [7, 11) is -3.43. The van der Waals surface area contributed by atoms with Crippen LogP contribution < -0.4 is 5.32 Å². The molecule has 8 heteroatoms. The fourth-order valence-electron chi connectivity index (χ4n) is 4.22. The molecule has 0 unspecified atom stereocenters. The SMILES string of the molecule is C[C@H](C(=O)Nc1ccc(S(=O)(=O)N2CCCC2)cc1)N1CCC[C@H]1c1cccs1. The fraction of sp³-hybridized carbons (Fsp3) is 0.476. The number of hydrogen-bond donors (Lipinski definition) is 1. The number of nitrogens with zero attached hydrogens (tertiary/aromatic N) is 2. The Morgan fingerprint density at radius 2 is 1.83 bits per heavy atom. The van der Waals surface area contributed by atoms with Gasteiger partial charge in [0.05, 0.1) is 10.9 Å². The van der Waals surface area contributed by atoms with Gasteiger partial charge in [-0.1, -0.05) is 6.07 Å². The molecule has 6 nitrogen and oxygen atoms in total. The molecule has 2 aliphatic heterocycles. The van der Waals surface area contributed by atoms with E-state index in [0.29, 0.717) is 24.8 Å². The summed E-state index contributed by atoms with van der Waals surface area (Å²) in [5, 5.41) is 5.02. The minimum Gasteiger partial charge on any atom is -0.325 e. The second-order valence-corrected chi connectivity index (χ2v) is 10.6. The van der Waals surface area contributed by atoms with E-state index in [0.717, 1.165) is 32.2 Å². The topological polar surface area (TPSA) is 69.7 Å². The van der Waals surface area contributed by atoms with Gasteiger partial charge in [0, 0.05) is 29.7 Å². The summed E-state index contributed by atoms with van der Waals surface area (Å²) in [6.45, 7) is 4.01. The number of benzene rings is 1. The van der Waals surface area contributed by atoms with E-state index < -0.39 is 10.0 Å². The van der Waals surface area contributed by atoms with E-state index in [9.17, 15) is 13.2 Å². The zero-order valence-electron chi connectivity index (χ0n) is 16.6. The lowest BCUT2D eigenvalue weighted by atomic mass is 10.1. The first-order valence-electron chi connectivity index (χ1n) is 10.2. The predicted octanol–water partition coefficient (Wildman–Crippen LogP) is 3.70. The Hall–Kier alpha value is -1.74. The van der Waals surface area contributed by atoms with Crippen LogP contribution in [0.5, 0.6) is 0 Å². The highest BCUT2D eigenvalue weighted by Gasteiger charge is 2.33. The lowest BCUT2D eigenvalue weighted by molar-refractivity contribution is -0.121. The van der Waals surface area contributed by atoms with Crippen LogP contribution in [0.25, 0.3) is 0 Å². The molecule has 1 N–H and O–H groups in total. The maximum absolute atomic E-state index is 12.8. The summed E-state index contributed by atoms with van der Waals surface area (Å²) in [5.41, 5.74) is 0.620. The molecule has 2 saturated heterocycles. The molecule has 0 radical (unpaired) electrons. The lowest BCUT2D eigenvalue weighted by Gasteiger charge is -2.29. The van der Waals surface area contributed by atoms with Gasteiger partial charge in [0.15, 0.2) is 0 Å². The second-order valence-electron chi connectivity index (χ2n) is 7.71. The van der Waals surface area contributed by atoms with Crippen LogP contribution in [0.1, 0.15) is 43.5 Å². The van der Waals surface area contributed by atoms with Gasteiger partial charge in [-0.25, -0.2) is 8.42 Å². The number of thiophene rings is 1. The Morgan fingerprint density at radius 3 is 2.48 bits per heavy atom. The third kappa shape index (κ3) is 4.26. The van der Waals surface area contributed by atoms with Crippen molar-refractivity contribution in [3.8, 4) is 0 Å². The summed E-state index contributed by atoms with van der Waals surface area (Å²) >= 11 is 1.74. The summed E-state index contributed by atoms with van der Waals surface area (Å²) in [6, 6.07) is 10.7. The summed E-state index contributed by atoms with van der Waals surface area (Å²) in [5.74, 6) is -0.0661. The third-order valence-electron chi connectivity index (χ3n) is 5.87. The number of hydrogen-bond acceptors (Lipinski definition) is 5. The molecule has 2 aliphatic rings. The first-order valence-corrected chi connectivity index (χ1v) is 12.5. The van der Waals surface area contributed by atoms with Crippen LogP contribution in [0.3, 0.4) is 0 Å². The van der Waals surface area contributed by atoms with Gasteiger partial charge in [0.2, 0.25) is 15.9 Å². The zero-order valence-corrected chi connectivity index (χ0v) is 18.2. The highest BCUT2D eigenvalue weighted by molar-refractivity contribution is 7.89. The third-order valence-corrected chi connectivity index (χ3v) is 8.75. The molecule has 2 atom stereocenters. The van der Waals surface area contributed by atoms with Gasteiger partial charge >= 0.3 is 0 Å². The Labute approximate surface area is 176 Å². The highest BCUT2D eigenvalue weighted by atomic mass is 32.2. The number of rotatable bonds is 6. The molecule has 1 aromatic carbocycles. The van der Waals surface area contributed by atoms with Gasteiger partial charge in [0.1, 0.15) is 0 Å². The Kier molecular flexibility index (Phi) is 6.06. The van der Waals surface area contributed by atoms with E-state index in [2.05, 4.69) is 27.7 Å². The molecule has 0 spiro atoms. The molecule has 29 heavy (non-hydrogen) atoms. The molecular weight excluding hydrogens is 406 g/mol. The van der Waals surface area contributed by atoms with Crippen molar-refractivity contribution in [2.45, 2.75) is 49.6 Å². The van der Waals surface area contributed by atoms with Gasteiger partial charge in [-0.2, -0.15) is 4.31 Å². The van der Waals surface area contributed by atoms with Crippen molar-refractivity contribution in [3.63, 3.8) is 0 Å². The van der Waals surface area contributed by atoms with Crippen LogP contribution in [-0.4, -0.2) is 49.2 Å². The predicted molar refractivity (Wildman–Crippen MR) is 116 cm³/mol. The Bertz CT molecular complexity index is 936. The molecular formula is C21H27N3O3S2. The smallest absolute Gasteiger partial charge is 0.243 e. The summed E-state index contributed by atoms with van der Waals surface area (Å²) < 4.78 is 26.8. The van der Waals surface area contributed by atoms with Crippen molar-refractivity contribution in [1.82, 2.24) is 9.21 Å². The van der Waals surface area contributed by atoms with Crippen molar-refractivity contribution in [2.24, 2.45) is 0 Å².